The van der Waals surface area contributed by atoms with Gasteiger partial charge in [-0.3, -0.25) is 0 Å². The number of nitrogens with zero attached hydrogens (tertiary/aromatic N) is 2. The molecule has 0 amide bonds. The van der Waals surface area contributed by atoms with Crippen LogP contribution >= 0.6 is 11.3 Å². The first kappa shape index (κ1) is 8.17. The fourth-order valence-corrected chi connectivity index (χ4v) is 2.04. The van der Waals surface area contributed by atoms with Crippen molar-refractivity contribution in [2.45, 2.75) is 4.34 Å². The number of nitriles is 1. The van der Waals surface area contributed by atoms with Gasteiger partial charge in [0.15, 0.2) is 0 Å². The molecular weight excluding hydrogens is 184 g/mol. The van der Waals surface area contributed by atoms with Crippen molar-refractivity contribution in [2.24, 2.45) is 0 Å². The molecule has 11 heavy (non-hydrogen) atoms. The Labute approximate surface area is 68.0 Å². The predicted molar refractivity (Wildman–Crippen MR) is 39.9 cm³/mol. The molecule has 4 nitrogen and oxygen atoms in total. The molecule has 0 aromatic carbocycles. The van der Waals surface area contributed by atoms with Crippen LogP contribution < -0.4 is 0 Å². The summed E-state index contributed by atoms with van der Waals surface area (Å²) in [4.78, 5) is 3.88. The fourth-order valence-electron chi connectivity index (χ4n) is 0.481. The minimum absolute atomic E-state index is 0.00551. The lowest BCUT2D eigenvalue weighted by molar-refractivity contribution is 0.601. The van der Waals surface area contributed by atoms with Gasteiger partial charge in [0, 0.05) is 6.26 Å². The Balaban J connectivity index is 3.22. The molecule has 0 aliphatic rings. The molecule has 0 saturated heterocycles. The van der Waals surface area contributed by atoms with Gasteiger partial charge in [-0.2, -0.15) is 5.26 Å². The molecule has 0 N–H and O–H groups in total. The Bertz CT molecular complexity index is 398. The maximum atomic E-state index is 10.8. The van der Waals surface area contributed by atoms with Crippen molar-refractivity contribution in [1.82, 2.24) is 4.98 Å². The van der Waals surface area contributed by atoms with Crippen LogP contribution in [-0.2, 0) is 9.84 Å². The van der Waals surface area contributed by atoms with Crippen LogP contribution in [0.3, 0.4) is 0 Å². The number of rotatable bonds is 1. The Kier molecular flexibility index (Phi) is 1.93. The first-order valence-electron chi connectivity index (χ1n) is 2.60. The van der Waals surface area contributed by atoms with Gasteiger partial charge < -0.3 is 0 Å². The molecule has 0 radical (unpaired) electrons. The summed E-state index contributed by atoms with van der Waals surface area (Å²) in [6, 6.07) is 1.81. The van der Waals surface area contributed by atoms with Gasteiger partial charge in [0.05, 0.1) is 6.20 Å². The maximum absolute atomic E-state index is 10.8. The minimum Gasteiger partial charge on any atom is -0.232 e. The van der Waals surface area contributed by atoms with E-state index in [1.807, 2.05) is 6.07 Å². The van der Waals surface area contributed by atoms with Gasteiger partial charge >= 0.3 is 0 Å². The zero-order valence-electron chi connectivity index (χ0n) is 5.60. The van der Waals surface area contributed by atoms with Crippen molar-refractivity contribution in [3.8, 4) is 6.07 Å². The summed E-state index contributed by atoms with van der Waals surface area (Å²) < 4.78 is 21.6. The van der Waals surface area contributed by atoms with Crippen molar-refractivity contribution in [1.29, 1.82) is 5.26 Å². The van der Waals surface area contributed by atoms with Crippen LogP contribution in [0, 0.1) is 11.3 Å². The van der Waals surface area contributed by atoms with Crippen molar-refractivity contribution in [2.75, 3.05) is 6.26 Å². The smallest absolute Gasteiger partial charge is 0.210 e. The van der Waals surface area contributed by atoms with E-state index in [0.717, 1.165) is 17.6 Å². The highest BCUT2D eigenvalue weighted by Crippen LogP contribution is 2.16. The predicted octanol–water partition coefficient (Wildman–Crippen LogP) is 0.418. The van der Waals surface area contributed by atoms with E-state index in [-0.39, 0.29) is 4.34 Å². The average molecular weight is 188 g/mol. The fraction of sp³-hybridized carbons (Fsp3) is 0.200. The third-order valence-corrected chi connectivity index (χ3v) is 3.51. The Hall–Kier alpha value is -0.930. The highest BCUT2D eigenvalue weighted by Gasteiger charge is 2.11. The van der Waals surface area contributed by atoms with Crippen LogP contribution in [0.2, 0.25) is 0 Å². The second-order valence-electron chi connectivity index (χ2n) is 1.87. The van der Waals surface area contributed by atoms with Gasteiger partial charge in [0.25, 0.3) is 0 Å². The highest BCUT2D eigenvalue weighted by atomic mass is 32.2. The van der Waals surface area contributed by atoms with E-state index in [2.05, 4.69) is 4.98 Å². The Morgan fingerprint density at radius 3 is 2.64 bits per heavy atom. The van der Waals surface area contributed by atoms with E-state index in [0.29, 0.717) is 4.88 Å². The third-order valence-electron chi connectivity index (χ3n) is 0.912. The summed E-state index contributed by atoms with van der Waals surface area (Å²) in [6.07, 6.45) is 2.31. The SMILES string of the molecule is CS(=O)(=O)c1ncc(C#N)s1. The highest BCUT2D eigenvalue weighted by molar-refractivity contribution is 7.92. The first-order valence-corrected chi connectivity index (χ1v) is 5.31. The van der Waals surface area contributed by atoms with Crippen LogP contribution in [-0.4, -0.2) is 19.7 Å². The van der Waals surface area contributed by atoms with Gasteiger partial charge in [-0.25, -0.2) is 13.4 Å². The lowest BCUT2D eigenvalue weighted by Crippen LogP contribution is -1.94. The van der Waals surface area contributed by atoms with E-state index >= 15 is 0 Å². The van der Waals surface area contributed by atoms with Crippen molar-refractivity contribution in [3.63, 3.8) is 0 Å². The molecule has 0 saturated carbocycles. The molecule has 1 aromatic heterocycles. The number of thiazole rings is 1. The van der Waals surface area contributed by atoms with Crippen molar-refractivity contribution < 1.29 is 8.42 Å². The summed E-state index contributed by atoms with van der Waals surface area (Å²) in [7, 11) is -3.24. The van der Waals surface area contributed by atoms with E-state index in [1.54, 1.807) is 0 Å². The van der Waals surface area contributed by atoms with Gasteiger partial charge in [-0.15, -0.1) is 0 Å². The van der Waals surface area contributed by atoms with Crippen molar-refractivity contribution in [3.05, 3.63) is 11.1 Å². The molecule has 0 aliphatic carbocycles. The summed E-state index contributed by atoms with van der Waals surface area (Å²) in [5, 5.41) is 8.34. The standard InChI is InChI=1S/C5H4N2O2S2/c1-11(8,9)5-7-3-4(2-6)10-5/h3H,1H3. The van der Waals surface area contributed by atoms with Crippen LogP contribution in [0.1, 0.15) is 4.88 Å². The second kappa shape index (κ2) is 2.60. The van der Waals surface area contributed by atoms with Gasteiger partial charge in [-0.1, -0.05) is 11.3 Å². The van der Waals surface area contributed by atoms with E-state index in [1.165, 1.54) is 6.20 Å². The molecule has 0 bridgehead atoms. The molecule has 1 aromatic rings. The molecule has 0 atom stereocenters. The van der Waals surface area contributed by atoms with Crippen LogP contribution in [0.4, 0.5) is 0 Å². The van der Waals surface area contributed by atoms with Gasteiger partial charge in [0.1, 0.15) is 10.9 Å². The normalized spacial score (nSPS) is 10.9. The Morgan fingerprint density at radius 2 is 2.36 bits per heavy atom. The molecule has 0 aliphatic heterocycles. The van der Waals surface area contributed by atoms with Crippen LogP contribution in [0.25, 0.3) is 0 Å². The number of hydrogen-bond acceptors (Lipinski definition) is 5. The maximum Gasteiger partial charge on any atom is 0.210 e. The van der Waals surface area contributed by atoms with Gasteiger partial charge in [-0.05, 0) is 0 Å². The summed E-state index contributed by atoms with van der Waals surface area (Å²) in [6.45, 7) is 0. The largest absolute Gasteiger partial charge is 0.232 e. The number of aromatic nitrogens is 1. The quantitative estimate of drug-likeness (QED) is 0.640. The summed E-state index contributed by atoms with van der Waals surface area (Å²) in [5.41, 5.74) is 0. The topological polar surface area (TPSA) is 70.8 Å². The summed E-state index contributed by atoms with van der Waals surface area (Å²) >= 11 is 0.880. The number of sulfone groups is 1. The molecule has 1 rings (SSSR count). The molecule has 0 unspecified atom stereocenters. The monoisotopic (exact) mass is 188 g/mol. The Morgan fingerprint density at radius 1 is 1.73 bits per heavy atom. The molecule has 58 valence electrons. The minimum atomic E-state index is -3.24. The molecule has 0 fully saturated rings. The lowest BCUT2D eigenvalue weighted by atomic mass is 10.6. The third kappa shape index (κ3) is 1.76. The van der Waals surface area contributed by atoms with Crippen molar-refractivity contribution >= 4 is 21.2 Å². The molecule has 6 heteroatoms. The number of hydrogen-bond donors (Lipinski definition) is 0. The molecular formula is C5H4N2O2S2. The van der Waals surface area contributed by atoms with E-state index in [4.69, 9.17) is 5.26 Å². The zero-order chi connectivity index (χ0) is 8.48. The average Bonchev–Trinajstić information content (AvgIpc) is 2.32. The summed E-state index contributed by atoms with van der Waals surface area (Å²) in [5.74, 6) is 0. The second-order valence-corrected chi connectivity index (χ2v) is 5.09. The molecule has 0 spiro atoms. The lowest BCUT2D eigenvalue weighted by Gasteiger charge is -1.84. The van der Waals surface area contributed by atoms with E-state index in [9.17, 15) is 8.42 Å². The van der Waals surface area contributed by atoms with Crippen LogP contribution in [0.5, 0.6) is 0 Å². The van der Waals surface area contributed by atoms with Gasteiger partial charge in [0.2, 0.25) is 14.2 Å². The van der Waals surface area contributed by atoms with E-state index < -0.39 is 9.84 Å². The van der Waals surface area contributed by atoms with Crippen LogP contribution in [0.15, 0.2) is 10.5 Å². The first-order chi connectivity index (χ1) is 5.04. The molecule has 1 heterocycles. The zero-order valence-corrected chi connectivity index (χ0v) is 7.24.